The summed E-state index contributed by atoms with van der Waals surface area (Å²) in [6.07, 6.45) is 2.83. The topological polar surface area (TPSA) is 80.2 Å². The molecule has 2 N–H and O–H groups in total. The van der Waals surface area contributed by atoms with Crippen molar-refractivity contribution in [2.24, 2.45) is 0 Å². The van der Waals surface area contributed by atoms with Crippen LogP contribution in [0.3, 0.4) is 0 Å². The molecule has 3 aromatic carbocycles. The van der Waals surface area contributed by atoms with E-state index >= 15 is 0 Å². The maximum absolute atomic E-state index is 14.5. The lowest BCUT2D eigenvalue weighted by atomic mass is 10.0. The van der Waals surface area contributed by atoms with Gasteiger partial charge in [0, 0.05) is 41.5 Å². The molecule has 0 bridgehead atoms. The third kappa shape index (κ3) is 4.33. The normalized spacial score (nSPS) is 11.5. The zero-order valence-electron chi connectivity index (χ0n) is 17.2. The molecule has 1 amide bonds. The van der Waals surface area contributed by atoms with Crippen molar-refractivity contribution in [2.75, 3.05) is 18.0 Å². The van der Waals surface area contributed by atoms with E-state index in [1.165, 1.54) is 19.2 Å². The largest absolute Gasteiger partial charge is 0.355 e. The molecule has 4 rings (SSSR count). The van der Waals surface area contributed by atoms with Crippen LogP contribution in [-0.2, 0) is 10.0 Å². The van der Waals surface area contributed by atoms with Gasteiger partial charge in [0.1, 0.15) is 11.6 Å². The van der Waals surface area contributed by atoms with Gasteiger partial charge in [0.25, 0.3) is 5.91 Å². The van der Waals surface area contributed by atoms with Crippen molar-refractivity contribution in [1.82, 2.24) is 9.88 Å². The molecule has 0 unspecified atom stereocenters. The van der Waals surface area contributed by atoms with Gasteiger partial charge in [-0.25, -0.2) is 17.2 Å². The Labute approximate surface area is 183 Å². The monoisotopic (exact) mass is 455 g/mol. The number of sulfonamides is 1. The van der Waals surface area contributed by atoms with E-state index in [9.17, 15) is 22.0 Å². The van der Waals surface area contributed by atoms with E-state index in [-0.39, 0.29) is 17.0 Å². The van der Waals surface area contributed by atoms with E-state index in [4.69, 9.17) is 0 Å². The van der Waals surface area contributed by atoms with E-state index in [0.717, 1.165) is 23.8 Å². The second-order valence-electron chi connectivity index (χ2n) is 7.31. The molecule has 164 valence electrons. The standard InChI is InChI=1S/C23H19F2N3O3S/c1-26-23(29)16-9-15(20-6-4-17(24)12-21(20)25)10-19(11-16)28-8-7-14-3-5-18(13-22(14)28)27-32(2,30)31/h3-13,27H,1-2H3,(H,26,29). The van der Waals surface area contributed by atoms with E-state index in [1.54, 1.807) is 41.1 Å². The fourth-order valence-corrected chi connectivity index (χ4v) is 4.09. The predicted octanol–water partition coefficient (Wildman–Crippen LogP) is 4.31. The Bertz CT molecular complexity index is 1460. The first-order chi connectivity index (χ1) is 15.1. The van der Waals surface area contributed by atoms with Gasteiger partial charge in [-0.3, -0.25) is 9.52 Å². The number of amides is 1. The molecule has 0 atom stereocenters. The molecule has 0 spiro atoms. The van der Waals surface area contributed by atoms with Crippen molar-refractivity contribution in [2.45, 2.75) is 0 Å². The highest BCUT2D eigenvalue weighted by Crippen LogP contribution is 2.30. The molecule has 0 aliphatic heterocycles. The number of anilines is 1. The van der Waals surface area contributed by atoms with Gasteiger partial charge in [-0.15, -0.1) is 0 Å². The number of carbonyl (C=O) groups excluding carboxylic acids is 1. The summed E-state index contributed by atoms with van der Waals surface area (Å²) in [5.41, 5.74) is 2.44. The lowest BCUT2D eigenvalue weighted by Gasteiger charge is -2.13. The number of nitrogens with one attached hydrogen (secondary N) is 2. The van der Waals surface area contributed by atoms with Gasteiger partial charge in [0.15, 0.2) is 0 Å². The Balaban J connectivity index is 1.92. The Kier molecular flexibility index (Phi) is 5.43. The number of halogens is 2. The van der Waals surface area contributed by atoms with Crippen molar-refractivity contribution in [1.29, 1.82) is 0 Å². The first kappa shape index (κ1) is 21.5. The number of hydrogen-bond donors (Lipinski definition) is 2. The molecule has 4 aromatic rings. The van der Waals surface area contributed by atoms with Gasteiger partial charge in [0.05, 0.1) is 17.5 Å². The van der Waals surface area contributed by atoms with Crippen LogP contribution in [0.4, 0.5) is 14.5 Å². The van der Waals surface area contributed by atoms with E-state index in [0.29, 0.717) is 22.5 Å². The minimum Gasteiger partial charge on any atom is -0.355 e. The number of rotatable bonds is 5. The van der Waals surface area contributed by atoms with Crippen LogP contribution >= 0.6 is 0 Å². The zero-order valence-corrected chi connectivity index (χ0v) is 18.0. The van der Waals surface area contributed by atoms with Crippen LogP contribution in [0, 0.1) is 11.6 Å². The summed E-state index contributed by atoms with van der Waals surface area (Å²) in [5.74, 6) is -1.82. The van der Waals surface area contributed by atoms with Crippen LogP contribution in [0.2, 0.25) is 0 Å². The predicted molar refractivity (Wildman–Crippen MR) is 120 cm³/mol. The Hall–Kier alpha value is -3.72. The minimum absolute atomic E-state index is 0.147. The van der Waals surface area contributed by atoms with E-state index in [2.05, 4.69) is 10.0 Å². The van der Waals surface area contributed by atoms with Crippen LogP contribution in [-0.4, -0.2) is 32.2 Å². The highest BCUT2D eigenvalue weighted by molar-refractivity contribution is 7.92. The molecule has 6 nitrogen and oxygen atoms in total. The molecule has 1 heterocycles. The maximum atomic E-state index is 14.5. The lowest BCUT2D eigenvalue weighted by molar-refractivity contribution is 0.0963. The third-order valence-corrected chi connectivity index (χ3v) is 5.53. The van der Waals surface area contributed by atoms with Crippen LogP contribution < -0.4 is 10.0 Å². The molecule has 0 aliphatic rings. The average Bonchev–Trinajstić information content (AvgIpc) is 3.15. The quantitative estimate of drug-likeness (QED) is 0.471. The number of hydrogen-bond acceptors (Lipinski definition) is 3. The highest BCUT2D eigenvalue weighted by Gasteiger charge is 2.14. The smallest absolute Gasteiger partial charge is 0.251 e. The van der Waals surface area contributed by atoms with Crippen LogP contribution in [0.1, 0.15) is 10.4 Å². The summed E-state index contributed by atoms with van der Waals surface area (Å²) in [4.78, 5) is 12.4. The summed E-state index contributed by atoms with van der Waals surface area (Å²) in [7, 11) is -1.98. The summed E-state index contributed by atoms with van der Waals surface area (Å²) in [6, 6.07) is 15.0. The summed E-state index contributed by atoms with van der Waals surface area (Å²) in [5, 5.41) is 3.39. The Morgan fingerprint density at radius 3 is 2.44 bits per heavy atom. The zero-order chi connectivity index (χ0) is 23.0. The molecule has 0 saturated carbocycles. The number of carbonyl (C=O) groups is 1. The molecular weight excluding hydrogens is 436 g/mol. The van der Waals surface area contributed by atoms with Gasteiger partial charge in [-0.05, 0) is 54.1 Å². The summed E-state index contributed by atoms with van der Waals surface area (Å²) >= 11 is 0. The molecule has 0 fully saturated rings. The van der Waals surface area contributed by atoms with E-state index in [1.807, 2.05) is 6.07 Å². The number of nitrogens with zero attached hydrogens (tertiary/aromatic N) is 1. The fourth-order valence-electron chi connectivity index (χ4n) is 3.54. The molecule has 0 saturated heterocycles. The highest BCUT2D eigenvalue weighted by atomic mass is 32.2. The van der Waals surface area contributed by atoms with Crippen molar-refractivity contribution in [3.05, 3.63) is 84.1 Å². The molecule has 0 radical (unpaired) electrons. The van der Waals surface area contributed by atoms with Gasteiger partial charge in [-0.2, -0.15) is 0 Å². The van der Waals surface area contributed by atoms with Crippen LogP contribution in [0.5, 0.6) is 0 Å². The minimum atomic E-state index is -3.46. The van der Waals surface area contributed by atoms with Gasteiger partial charge >= 0.3 is 0 Å². The van der Waals surface area contributed by atoms with Gasteiger partial charge in [0.2, 0.25) is 10.0 Å². The fraction of sp³-hybridized carbons (Fsp3) is 0.0870. The SMILES string of the molecule is CNC(=O)c1cc(-c2ccc(F)cc2F)cc(-n2ccc3ccc(NS(C)(=O)=O)cc32)c1. The number of benzene rings is 3. The van der Waals surface area contributed by atoms with Crippen molar-refractivity contribution >= 4 is 32.5 Å². The first-order valence-electron chi connectivity index (χ1n) is 9.56. The van der Waals surface area contributed by atoms with E-state index < -0.39 is 21.7 Å². The van der Waals surface area contributed by atoms with Gasteiger partial charge in [-0.1, -0.05) is 6.07 Å². The number of fused-ring (bicyclic) bond motifs is 1. The molecular formula is C23H19F2N3O3S. The van der Waals surface area contributed by atoms with Crippen molar-refractivity contribution in [3.63, 3.8) is 0 Å². The molecule has 9 heteroatoms. The Morgan fingerprint density at radius 1 is 0.969 bits per heavy atom. The number of aromatic nitrogens is 1. The second-order valence-corrected chi connectivity index (χ2v) is 9.05. The average molecular weight is 455 g/mol. The molecule has 0 aliphatic carbocycles. The van der Waals surface area contributed by atoms with Gasteiger partial charge < -0.3 is 9.88 Å². The van der Waals surface area contributed by atoms with Crippen LogP contribution in [0.25, 0.3) is 27.7 Å². The summed E-state index contributed by atoms with van der Waals surface area (Å²) in [6.45, 7) is 0. The second kappa shape index (κ2) is 8.08. The molecule has 32 heavy (non-hydrogen) atoms. The third-order valence-electron chi connectivity index (χ3n) is 4.92. The first-order valence-corrected chi connectivity index (χ1v) is 11.5. The van der Waals surface area contributed by atoms with Crippen LogP contribution in [0.15, 0.2) is 66.9 Å². The summed E-state index contributed by atoms with van der Waals surface area (Å²) < 4.78 is 55.3. The van der Waals surface area contributed by atoms with Crippen molar-refractivity contribution < 1.29 is 22.0 Å². The van der Waals surface area contributed by atoms with Crippen molar-refractivity contribution in [3.8, 4) is 16.8 Å². The maximum Gasteiger partial charge on any atom is 0.251 e. The molecule has 1 aromatic heterocycles. The Morgan fingerprint density at radius 2 is 1.75 bits per heavy atom. The lowest BCUT2D eigenvalue weighted by Crippen LogP contribution is -2.18.